The number of para-hydroxylation sites is 1. The number of halogens is 1. The van der Waals surface area contributed by atoms with Crippen molar-refractivity contribution >= 4 is 22.8 Å². The average molecular weight is 410 g/mol. The molecule has 0 aliphatic heterocycles. The average Bonchev–Trinajstić information content (AvgIpc) is 3.42. The molecular weight excluding hydrogens is 391 g/mol. The largest absolute Gasteiger partial charge is 0.481 e. The van der Waals surface area contributed by atoms with E-state index < -0.39 is 5.82 Å². The van der Waals surface area contributed by atoms with E-state index in [1.807, 2.05) is 12.1 Å². The Hall–Kier alpha value is -3.95. The molecule has 1 aromatic carbocycles. The first kappa shape index (κ1) is 19.4. The van der Waals surface area contributed by atoms with Crippen molar-refractivity contribution in [2.45, 2.75) is 13.1 Å². The molecule has 2 N–H and O–H groups in total. The monoisotopic (exact) mass is 410 g/mol. The highest BCUT2D eigenvalue weighted by molar-refractivity contribution is 5.86. The van der Waals surface area contributed by atoms with Crippen molar-refractivity contribution < 1.29 is 18.3 Å². The van der Waals surface area contributed by atoms with Gasteiger partial charge in [0.05, 0.1) is 30.9 Å². The number of carbonyl (C=O) groups is 1. The van der Waals surface area contributed by atoms with Crippen LogP contribution in [0.25, 0.3) is 11.0 Å². The maximum absolute atomic E-state index is 13.5. The van der Waals surface area contributed by atoms with Crippen LogP contribution in [0, 0.1) is 5.82 Å². The number of nitrogens with zero attached hydrogens (tertiary/aromatic N) is 4. The number of furan rings is 1. The van der Waals surface area contributed by atoms with E-state index in [9.17, 15) is 9.18 Å². The molecule has 0 radical (unpaired) electrons. The molecule has 0 bridgehead atoms. The molecule has 3 heterocycles. The Morgan fingerprint density at radius 3 is 2.93 bits per heavy atom. The van der Waals surface area contributed by atoms with Gasteiger partial charge >= 0.3 is 0 Å². The number of ether oxygens (including phenoxy) is 1. The van der Waals surface area contributed by atoms with Crippen LogP contribution in [0.5, 0.6) is 5.75 Å². The van der Waals surface area contributed by atoms with Crippen LogP contribution in [0.4, 0.5) is 10.2 Å². The third kappa shape index (κ3) is 4.54. The first-order chi connectivity index (χ1) is 14.7. The molecule has 3 aromatic heterocycles. The Kier molecular flexibility index (Phi) is 5.83. The van der Waals surface area contributed by atoms with Gasteiger partial charge in [-0.15, -0.1) is 0 Å². The highest BCUT2D eigenvalue weighted by Crippen LogP contribution is 2.19. The van der Waals surface area contributed by atoms with Crippen LogP contribution in [0.1, 0.15) is 5.76 Å². The van der Waals surface area contributed by atoms with Crippen molar-refractivity contribution in [2.75, 3.05) is 18.5 Å². The normalized spacial score (nSPS) is 10.8. The zero-order valence-electron chi connectivity index (χ0n) is 15.9. The van der Waals surface area contributed by atoms with Crippen LogP contribution in [-0.2, 0) is 17.9 Å². The topological polar surface area (TPSA) is 107 Å². The Bertz CT molecular complexity index is 1130. The summed E-state index contributed by atoms with van der Waals surface area (Å²) < 4.78 is 25.7. The lowest BCUT2D eigenvalue weighted by Crippen LogP contribution is -2.31. The van der Waals surface area contributed by atoms with Crippen molar-refractivity contribution in [1.29, 1.82) is 0 Å². The lowest BCUT2D eigenvalue weighted by Gasteiger charge is -2.09. The summed E-state index contributed by atoms with van der Waals surface area (Å²) in [5.74, 6) is 0.603. The van der Waals surface area contributed by atoms with Crippen molar-refractivity contribution in [3.05, 3.63) is 66.8 Å². The number of nitrogens with one attached hydrogen (secondary N) is 2. The Morgan fingerprint density at radius 2 is 2.10 bits per heavy atom. The Morgan fingerprint density at radius 1 is 1.20 bits per heavy atom. The molecule has 30 heavy (non-hydrogen) atoms. The van der Waals surface area contributed by atoms with Gasteiger partial charge in [0.25, 0.3) is 5.91 Å². The molecule has 0 aliphatic rings. The van der Waals surface area contributed by atoms with Crippen molar-refractivity contribution in [3.63, 3.8) is 0 Å². The highest BCUT2D eigenvalue weighted by Gasteiger charge is 2.11. The Balaban J connectivity index is 1.30. The van der Waals surface area contributed by atoms with Gasteiger partial charge in [-0.05, 0) is 24.3 Å². The van der Waals surface area contributed by atoms with E-state index in [1.165, 1.54) is 18.5 Å². The van der Waals surface area contributed by atoms with Crippen LogP contribution in [-0.4, -0.2) is 38.8 Å². The van der Waals surface area contributed by atoms with E-state index in [4.69, 9.17) is 9.15 Å². The van der Waals surface area contributed by atoms with Crippen molar-refractivity contribution in [3.8, 4) is 5.75 Å². The fourth-order valence-electron chi connectivity index (χ4n) is 2.84. The number of rotatable bonds is 9. The minimum Gasteiger partial charge on any atom is -0.481 e. The minimum absolute atomic E-state index is 0.0389. The SMILES string of the molecule is O=C(COc1ccccc1F)NCCn1ncc2c(NCc3ccco3)ncnc21. The summed E-state index contributed by atoms with van der Waals surface area (Å²) >= 11 is 0. The zero-order chi connectivity index (χ0) is 20.8. The lowest BCUT2D eigenvalue weighted by molar-refractivity contribution is -0.123. The van der Waals surface area contributed by atoms with Crippen molar-refractivity contribution in [1.82, 2.24) is 25.1 Å². The minimum atomic E-state index is -0.510. The predicted octanol–water partition coefficient (Wildman–Crippen LogP) is 2.37. The number of fused-ring (bicyclic) bond motifs is 1. The molecule has 0 atom stereocenters. The van der Waals surface area contributed by atoms with Gasteiger partial charge in [-0.2, -0.15) is 5.10 Å². The predicted molar refractivity (Wildman–Crippen MR) is 106 cm³/mol. The summed E-state index contributed by atoms with van der Waals surface area (Å²) in [6.45, 7) is 0.936. The maximum Gasteiger partial charge on any atom is 0.258 e. The zero-order valence-corrected chi connectivity index (χ0v) is 15.9. The number of hydrogen-bond acceptors (Lipinski definition) is 7. The molecule has 0 saturated carbocycles. The summed E-state index contributed by atoms with van der Waals surface area (Å²) in [5.41, 5.74) is 0.642. The summed E-state index contributed by atoms with van der Waals surface area (Å²) in [4.78, 5) is 20.5. The van der Waals surface area contributed by atoms with Crippen LogP contribution >= 0.6 is 0 Å². The molecule has 0 saturated heterocycles. The van der Waals surface area contributed by atoms with Gasteiger partial charge in [0.1, 0.15) is 17.9 Å². The van der Waals surface area contributed by atoms with E-state index in [0.29, 0.717) is 31.1 Å². The van der Waals surface area contributed by atoms with Crippen molar-refractivity contribution in [2.24, 2.45) is 0 Å². The molecule has 0 fully saturated rings. The fourth-order valence-corrected chi connectivity index (χ4v) is 2.84. The molecular formula is C20H19FN6O3. The van der Waals surface area contributed by atoms with Crippen LogP contribution in [0.15, 0.2) is 59.6 Å². The second-order valence-electron chi connectivity index (χ2n) is 6.33. The number of amides is 1. The third-order valence-corrected chi connectivity index (χ3v) is 4.28. The van der Waals surface area contributed by atoms with Crippen LogP contribution < -0.4 is 15.4 Å². The smallest absolute Gasteiger partial charge is 0.258 e. The van der Waals surface area contributed by atoms with Crippen LogP contribution in [0.2, 0.25) is 0 Å². The molecule has 0 aliphatic carbocycles. The number of aromatic nitrogens is 4. The second kappa shape index (κ2) is 9.03. The standard InChI is InChI=1S/C20H19FN6O3/c21-16-5-1-2-6-17(16)30-12-18(28)22-7-8-27-20-15(11-26-27)19(24-13-25-20)23-10-14-4-3-9-29-14/h1-6,9,11,13H,7-8,10,12H2,(H,22,28)(H,23,24,25). The number of carbonyl (C=O) groups excluding carboxylic acids is 1. The number of benzene rings is 1. The molecule has 4 rings (SSSR count). The van der Waals surface area contributed by atoms with Gasteiger partial charge in [0.15, 0.2) is 23.8 Å². The van der Waals surface area contributed by atoms with Gasteiger partial charge in [0.2, 0.25) is 0 Å². The fraction of sp³-hybridized carbons (Fsp3) is 0.200. The Labute approximate surface area is 170 Å². The van der Waals surface area contributed by atoms with Crippen LogP contribution in [0.3, 0.4) is 0 Å². The van der Waals surface area contributed by atoms with E-state index in [0.717, 1.165) is 11.1 Å². The molecule has 4 aromatic rings. The molecule has 1 amide bonds. The summed E-state index contributed by atoms with van der Waals surface area (Å²) in [7, 11) is 0. The van der Waals surface area contributed by atoms with Gasteiger partial charge < -0.3 is 19.8 Å². The molecule has 0 unspecified atom stereocenters. The van der Waals surface area contributed by atoms with Gasteiger partial charge in [-0.25, -0.2) is 19.0 Å². The summed E-state index contributed by atoms with van der Waals surface area (Å²) in [6.07, 6.45) is 4.73. The maximum atomic E-state index is 13.5. The van der Waals surface area contributed by atoms with E-state index in [-0.39, 0.29) is 18.3 Å². The number of anilines is 1. The van der Waals surface area contributed by atoms with Gasteiger partial charge in [-0.3, -0.25) is 4.79 Å². The third-order valence-electron chi connectivity index (χ3n) is 4.28. The summed E-state index contributed by atoms with van der Waals surface area (Å²) in [6, 6.07) is 9.62. The summed E-state index contributed by atoms with van der Waals surface area (Å²) in [5, 5.41) is 11.0. The molecule has 154 valence electrons. The van der Waals surface area contributed by atoms with Gasteiger partial charge in [-0.1, -0.05) is 12.1 Å². The number of hydrogen-bond donors (Lipinski definition) is 2. The molecule has 9 nitrogen and oxygen atoms in total. The second-order valence-corrected chi connectivity index (χ2v) is 6.33. The molecule has 10 heteroatoms. The van der Waals surface area contributed by atoms with E-state index in [1.54, 1.807) is 29.3 Å². The van der Waals surface area contributed by atoms with E-state index in [2.05, 4.69) is 25.7 Å². The first-order valence-electron chi connectivity index (χ1n) is 9.27. The first-order valence-corrected chi connectivity index (χ1v) is 9.27. The highest BCUT2D eigenvalue weighted by atomic mass is 19.1. The molecule has 0 spiro atoms. The van der Waals surface area contributed by atoms with E-state index >= 15 is 0 Å². The lowest BCUT2D eigenvalue weighted by atomic mass is 10.3. The quantitative estimate of drug-likeness (QED) is 0.436. The van der Waals surface area contributed by atoms with Gasteiger partial charge in [0, 0.05) is 6.54 Å².